The Labute approximate surface area is 103 Å². The highest BCUT2D eigenvalue weighted by Crippen LogP contribution is 1.93. The van der Waals surface area contributed by atoms with Crippen molar-refractivity contribution in [3.8, 4) is 0 Å². The molecule has 0 radical (unpaired) electrons. The van der Waals surface area contributed by atoms with Gasteiger partial charge in [-0.2, -0.15) is 0 Å². The molecule has 15 heavy (non-hydrogen) atoms. The van der Waals surface area contributed by atoms with Crippen LogP contribution in [0, 0.1) is 3.57 Å². The van der Waals surface area contributed by atoms with Crippen molar-refractivity contribution >= 4 is 22.6 Å². The summed E-state index contributed by atoms with van der Waals surface area (Å²) in [4.78, 5) is 15.6. The molecular weight excluding hydrogens is 305 g/mol. The van der Waals surface area contributed by atoms with Crippen LogP contribution in [0.2, 0.25) is 0 Å². The Bertz CT molecular complexity index is 364. The van der Waals surface area contributed by atoms with Crippen LogP contribution in [0.5, 0.6) is 0 Å². The molecule has 84 valence electrons. The maximum Gasteiger partial charge on any atom is 0.266 e. The van der Waals surface area contributed by atoms with Gasteiger partial charge in [0.25, 0.3) is 5.56 Å². The van der Waals surface area contributed by atoms with Crippen molar-refractivity contribution < 1.29 is 0 Å². The number of nitrogens with one attached hydrogen (secondary N) is 1. The lowest BCUT2D eigenvalue weighted by atomic mass is 10.2. The number of aromatic nitrogens is 2. The molecule has 1 N–H and O–H groups in total. The highest BCUT2D eigenvalue weighted by atomic mass is 127. The van der Waals surface area contributed by atoms with Crippen molar-refractivity contribution in [1.82, 2.24) is 14.9 Å². The van der Waals surface area contributed by atoms with Crippen LogP contribution in [0.1, 0.15) is 20.3 Å². The van der Waals surface area contributed by atoms with E-state index in [2.05, 4.69) is 24.1 Å². The lowest BCUT2D eigenvalue weighted by Gasteiger charge is -2.11. The van der Waals surface area contributed by atoms with Gasteiger partial charge in [-0.25, -0.2) is 4.98 Å². The van der Waals surface area contributed by atoms with E-state index in [0.717, 1.165) is 13.0 Å². The van der Waals surface area contributed by atoms with Gasteiger partial charge in [0, 0.05) is 25.3 Å². The quantitative estimate of drug-likeness (QED) is 0.830. The van der Waals surface area contributed by atoms with Gasteiger partial charge in [0.05, 0.1) is 9.90 Å². The minimum absolute atomic E-state index is 0.0385. The standard InChI is InChI=1S/C10H16IN3O/c1-3-8(2)13-4-5-14-7-12-6-9(11)10(14)15/h6-8,13H,3-5H2,1-2H3. The van der Waals surface area contributed by atoms with Gasteiger partial charge >= 0.3 is 0 Å². The van der Waals surface area contributed by atoms with Gasteiger partial charge in [-0.15, -0.1) is 0 Å². The van der Waals surface area contributed by atoms with Crippen LogP contribution in [0.4, 0.5) is 0 Å². The minimum atomic E-state index is 0.0385. The van der Waals surface area contributed by atoms with Gasteiger partial charge in [0.1, 0.15) is 0 Å². The molecule has 0 spiro atoms. The Kier molecular flexibility index (Phi) is 5.24. The summed E-state index contributed by atoms with van der Waals surface area (Å²) >= 11 is 2.01. The topological polar surface area (TPSA) is 46.9 Å². The first-order chi connectivity index (χ1) is 7.15. The molecule has 5 heteroatoms. The van der Waals surface area contributed by atoms with Gasteiger partial charge in [0.15, 0.2) is 0 Å². The fourth-order valence-electron chi connectivity index (χ4n) is 1.16. The summed E-state index contributed by atoms with van der Waals surface area (Å²) in [5.74, 6) is 0. The summed E-state index contributed by atoms with van der Waals surface area (Å²) in [6.07, 6.45) is 4.27. The van der Waals surface area contributed by atoms with E-state index in [1.54, 1.807) is 17.1 Å². The van der Waals surface area contributed by atoms with Crippen molar-refractivity contribution in [2.24, 2.45) is 0 Å². The zero-order valence-corrected chi connectivity index (χ0v) is 11.2. The number of hydrogen-bond donors (Lipinski definition) is 1. The zero-order valence-electron chi connectivity index (χ0n) is 9.03. The van der Waals surface area contributed by atoms with E-state index in [1.165, 1.54) is 0 Å². The molecule has 0 bridgehead atoms. The number of rotatable bonds is 5. The molecule has 0 aliphatic rings. The predicted molar refractivity (Wildman–Crippen MR) is 69.0 cm³/mol. The second-order valence-corrected chi connectivity index (χ2v) is 4.67. The van der Waals surface area contributed by atoms with E-state index in [-0.39, 0.29) is 5.56 Å². The van der Waals surface area contributed by atoms with E-state index in [4.69, 9.17) is 0 Å². The summed E-state index contributed by atoms with van der Waals surface area (Å²) in [5, 5.41) is 3.34. The van der Waals surface area contributed by atoms with Crippen LogP contribution in [0.3, 0.4) is 0 Å². The minimum Gasteiger partial charge on any atom is -0.312 e. The average Bonchev–Trinajstić information content (AvgIpc) is 2.24. The Morgan fingerprint density at radius 3 is 3.07 bits per heavy atom. The Balaban J connectivity index is 2.51. The van der Waals surface area contributed by atoms with Gasteiger partial charge in [-0.3, -0.25) is 9.36 Å². The molecule has 4 nitrogen and oxygen atoms in total. The maximum atomic E-state index is 11.6. The van der Waals surface area contributed by atoms with Crippen LogP contribution >= 0.6 is 22.6 Å². The molecule has 1 aromatic rings. The van der Waals surface area contributed by atoms with E-state index in [1.807, 2.05) is 22.6 Å². The molecule has 0 saturated heterocycles. The van der Waals surface area contributed by atoms with Gasteiger partial charge < -0.3 is 5.32 Å². The number of nitrogens with zero attached hydrogens (tertiary/aromatic N) is 2. The fourth-order valence-corrected chi connectivity index (χ4v) is 1.63. The molecule has 1 atom stereocenters. The molecule has 1 aromatic heterocycles. The zero-order chi connectivity index (χ0) is 11.3. The molecule has 1 heterocycles. The molecule has 0 aliphatic carbocycles. The Hall–Kier alpha value is -0.430. The summed E-state index contributed by atoms with van der Waals surface area (Å²) in [5.41, 5.74) is 0.0385. The van der Waals surface area contributed by atoms with Crippen molar-refractivity contribution in [2.75, 3.05) is 6.54 Å². The largest absolute Gasteiger partial charge is 0.312 e. The number of hydrogen-bond acceptors (Lipinski definition) is 3. The van der Waals surface area contributed by atoms with E-state index in [0.29, 0.717) is 16.2 Å². The fraction of sp³-hybridized carbons (Fsp3) is 0.600. The van der Waals surface area contributed by atoms with E-state index < -0.39 is 0 Å². The Morgan fingerprint density at radius 2 is 2.40 bits per heavy atom. The number of halogens is 1. The van der Waals surface area contributed by atoms with Gasteiger partial charge in [-0.1, -0.05) is 6.92 Å². The smallest absolute Gasteiger partial charge is 0.266 e. The summed E-state index contributed by atoms with van der Waals surface area (Å²) in [6, 6.07) is 0.497. The summed E-state index contributed by atoms with van der Waals surface area (Å²) in [7, 11) is 0. The first-order valence-electron chi connectivity index (χ1n) is 5.08. The van der Waals surface area contributed by atoms with E-state index >= 15 is 0 Å². The van der Waals surface area contributed by atoms with Crippen molar-refractivity contribution in [1.29, 1.82) is 0 Å². The lowest BCUT2D eigenvalue weighted by molar-refractivity contribution is 0.497. The van der Waals surface area contributed by atoms with Crippen LogP contribution < -0.4 is 10.9 Å². The highest BCUT2D eigenvalue weighted by Gasteiger charge is 2.01. The van der Waals surface area contributed by atoms with Crippen LogP contribution in [-0.4, -0.2) is 22.1 Å². The van der Waals surface area contributed by atoms with E-state index in [9.17, 15) is 4.79 Å². The van der Waals surface area contributed by atoms with Crippen molar-refractivity contribution in [2.45, 2.75) is 32.9 Å². The summed E-state index contributed by atoms with van der Waals surface area (Å²) < 4.78 is 2.30. The molecular formula is C10H16IN3O. The lowest BCUT2D eigenvalue weighted by Crippen LogP contribution is -2.32. The normalized spacial score (nSPS) is 12.7. The average molecular weight is 321 g/mol. The molecule has 1 rings (SSSR count). The predicted octanol–water partition coefficient (Wildman–Crippen LogP) is 1.24. The second kappa shape index (κ2) is 6.22. The third-order valence-electron chi connectivity index (χ3n) is 2.32. The summed E-state index contributed by atoms with van der Waals surface area (Å²) in [6.45, 7) is 5.75. The van der Waals surface area contributed by atoms with Crippen LogP contribution in [0.25, 0.3) is 0 Å². The monoisotopic (exact) mass is 321 g/mol. The molecule has 0 amide bonds. The SMILES string of the molecule is CCC(C)NCCn1cncc(I)c1=O. The third kappa shape index (κ3) is 3.90. The highest BCUT2D eigenvalue weighted by molar-refractivity contribution is 14.1. The molecule has 1 unspecified atom stereocenters. The van der Waals surface area contributed by atoms with Crippen molar-refractivity contribution in [3.05, 3.63) is 26.4 Å². The first-order valence-corrected chi connectivity index (χ1v) is 6.16. The van der Waals surface area contributed by atoms with Gasteiger partial charge in [0.2, 0.25) is 0 Å². The molecule has 0 fully saturated rings. The van der Waals surface area contributed by atoms with Crippen molar-refractivity contribution in [3.63, 3.8) is 0 Å². The van der Waals surface area contributed by atoms with Gasteiger partial charge in [-0.05, 0) is 35.9 Å². The maximum absolute atomic E-state index is 11.6. The third-order valence-corrected chi connectivity index (χ3v) is 3.06. The van der Waals surface area contributed by atoms with Crippen LogP contribution in [0.15, 0.2) is 17.3 Å². The van der Waals surface area contributed by atoms with Crippen LogP contribution in [-0.2, 0) is 6.54 Å². The molecule has 0 aliphatic heterocycles. The first kappa shape index (κ1) is 12.6. The molecule has 0 saturated carbocycles. The second-order valence-electron chi connectivity index (χ2n) is 3.50. The molecule has 0 aromatic carbocycles. The Morgan fingerprint density at radius 1 is 1.67 bits per heavy atom.